The number of aromatic nitrogens is 1. The standard InChI is InChI=1S/C13H12ClNO2/c1-9-13(17-2)11(14)8-12(15(9)16)10-6-4-3-5-7-10/h3-8H,1-2H3. The van der Waals surface area contributed by atoms with E-state index in [4.69, 9.17) is 16.3 Å². The molecule has 0 saturated heterocycles. The van der Waals surface area contributed by atoms with Crippen LogP contribution in [0.4, 0.5) is 0 Å². The molecule has 0 aliphatic carbocycles. The Morgan fingerprint density at radius 1 is 1.24 bits per heavy atom. The van der Waals surface area contributed by atoms with Crippen LogP contribution in [0.5, 0.6) is 5.75 Å². The minimum Gasteiger partial charge on any atom is -0.618 e. The lowest BCUT2D eigenvalue weighted by Gasteiger charge is -2.11. The van der Waals surface area contributed by atoms with Crippen LogP contribution in [-0.4, -0.2) is 7.11 Å². The van der Waals surface area contributed by atoms with E-state index in [1.165, 1.54) is 7.11 Å². The zero-order valence-electron chi connectivity index (χ0n) is 9.61. The predicted octanol–water partition coefficient (Wildman–Crippen LogP) is 2.96. The number of pyridine rings is 1. The van der Waals surface area contributed by atoms with Crippen LogP contribution in [0, 0.1) is 12.1 Å². The second-order valence-electron chi connectivity index (χ2n) is 3.66. The average molecular weight is 250 g/mol. The van der Waals surface area contributed by atoms with Gasteiger partial charge in [0, 0.05) is 18.6 Å². The van der Waals surface area contributed by atoms with E-state index in [0.29, 0.717) is 22.2 Å². The summed E-state index contributed by atoms with van der Waals surface area (Å²) in [5, 5.41) is 12.5. The topological polar surface area (TPSA) is 36.2 Å². The van der Waals surface area contributed by atoms with Crippen LogP contribution < -0.4 is 9.47 Å². The zero-order chi connectivity index (χ0) is 12.4. The number of nitrogens with zero attached hydrogens (tertiary/aromatic N) is 1. The van der Waals surface area contributed by atoms with E-state index < -0.39 is 0 Å². The molecule has 0 aliphatic rings. The van der Waals surface area contributed by atoms with Gasteiger partial charge in [0.05, 0.1) is 12.1 Å². The fourth-order valence-electron chi connectivity index (χ4n) is 1.74. The number of ether oxygens (including phenoxy) is 1. The van der Waals surface area contributed by atoms with Crippen LogP contribution in [-0.2, 0) is 0 Å². The molecule has 0 N–H and O–H groups in total. The quantitative estimate of drug-likeness (QED) is 0.606. The summed E-state index contributed by atoms with van der Waals surface area (Å²) < 4.78 is 5.93. The van der Waals surface area contributed by atoms with Crippen molar-refractivity contribution in [3.05, 3.63) is 52.3 Å². The van der Waals surface area contributed by atoms with Gasteiger partial charge in [0.25, 0.3) is 0 Å². The first-order valence-corrected chi connectivity index (χ1v) is 5.55. The summed E-state index contributed by atoms with van der Waals surface area (Å²) in [4.78, 5) is 0. The largest absolute Gasteiger partial charge is 0.618 e. The van der Waals surface area contributed by atoms with Crippen molar-refractivity contribution in [2.24, 2.45) is 0 Å². The fourth-order valence-corrected chi connectivity index (χ4v) is 2.06. The molecule has 3 nitrogen and oxygen atoms in total. The summed E-state index contributed by atoms with van der Waals surface area (Å²) in [5.41, 5.74) is 1.81. The molecule has 0 fully saturated rings. The van der Waals surface area contributed by atoms with Crippen LogP contribution in [0.1, 0.15) is 5.69 Å². The van der Waals surface area contributed by atoms with E-state index in [1.807, 2.05) is 30.3 Å². The number of hydrogen-bond acceptors (Lipinski definition) is 2. The number of hydrogen-bond donors (Lipinski definition) is 0. The van der Waals surface area contributed by atoms with Crippen LogP contribution in [0.3, 0.4) is 0 Å². The maximum absolute atomic E-state index is 12.1. The summed E-state index contributed by atoms with van der Waals surface area (Å²) in [7, 11) is 1.50. The lowest BCUT2D eigenvalue weighted by Crippen LogP contribution is -2.33. The van der Waals surface area contributed by atoms with Crippen LogP contribution >= 0.6 is 11.6 Å². The lowest BCUT2D eigenvalue weighted by molar-refractivity contribution is -0.601. The Kier molecular flexibility index (Phi) is 3.20. The molecule has 2 aromatic rings. The molecule has 17 heavy (non-hydrogen) atoms. The van der Waals surface area contributed by atoms with Gasteiger partial charge in [-0.25, -0.2) is 0 Å². The van der Waals surface area contributed by atoms with Crippen molar-refractivity contribution in [3.63, 3.8) is 0 Å². The van der Waals surface area contributed by atoms with E-state index in [-0.39, 0.29) is 0 Å². The first kappa shape index (κ1) is 11.7. The highest BCUT2D eigenvalue weighted by Crippen LogP contribution is 2.29. The third-order valence-electron chi connectivity index (χ3n) is 2.61. The third-order valence-corrected chi connectivity index (χ3v) is 2.89. The van der Waals surface area contributed by atoms with Gasteiger partial charge in [-0.2, -0.15) is 4.73 Å². The molecule has 0 unspecified atom stereocenters. The average Bonchev–Trinajstić information content (AvgIpc) is 2.35. The smallest absolute Gasteiger partial charge is 0.233 e. The maximum Gasteiger partial charge on any atom is 0.233 e. The molecule has 1 aromatic carbocycles. The second kappa shape index (κ2) is 4.63. The van der Waals surface area contributed by atoms with E-state index in [2.05, 4.69) is 0 Å². The molecule has 0 amide bonds. The van der Waals surface area contributed by atoms with E-state index in [1.54, 1.807) is 13.0 Å². The van der Waals surface area contributed by atoms with Crippen molar-refractivity contribution in [3.8, 4) is 17.0 Å². The molecular weight excluding hydrogens is 238 g/mol. The molecule has 0 atom stereocenters. The van der Waals surface area contributed by atoms with Gasteiger partial charge in [-0.1, -0.05) is 29.8 Å². The van der Waals surface area contributed by atoms with Crippen LogP contribution in [0.2, 0.25) is 5.02 Å². The van der Waals surface area contributed by atoms with Gasteiger partial charge in [0.2, 0.25) is 17.1 Å². The Morgan fingerprint density at radius 3 is 2.47 bits per heavy atom. The first-order chi connectivity index (χ1) is 8.15. The molecule has 0 bridgehead atoms. The highest BCUT2D eigenvalue weighted by atomic mass is 35.5. The number of methoxy groups -OCH3 is 1. The second-order valence-corrected chi connectivity index (χ2v) is 4.06. The van der Waals surface area contributed by atoms with E-state index in [9.17, 15) is 5.21 Å². The fraction of sp³-hybridized carbons (Fsp3) is 0.154. The van der Waals surface area contributed by atoms with Crippen LogP contribution in [0.25, 0.3) is 11.3 Å². The van der Waals surface area contributed by atoms with Gasteiger partial charge >= 0.3 is 0 Å². The highest BCUT2D eigenvalue weighted by molar-refractivity contribution is 6.32. The normalized spacial score (nSPS) is 10.3. The van der Waals surface area contributed by atoms with Crippen LogP contribution in [0.15, 0.2) is 36.4 Å². The van der Waals surface area contributed by atoms with Gasteiger partial charge in [-0.3, -0.25) is 0 Å². The van der Waals surface area contributed by atoms with E-state index in [0.717, 1.165) is 10.3 Å². The minimum absolute atomic E-state index is 0.418. The van der Waals surface area contributed by atoms with Gasteiger partial charge in [-0.05, 0) is 12.1 Å². The summed E-state index contributed by atoms with van der Waals surface area (Å²) in [6, 6.07) is 11.0. The Balaban J connectivity index is 2.65. The number of halogens is 1. The number of rotatable bonds is 2. The molecule has 2 rings (SSSR count). The molecule has 1 aromatic heterocycles. The highest BCUT2D eigenvalue weighted by Gasteiger charge is 2.19. The van der Waals surface area contributed by atoms with Crippen molar-refractivity contribution in [2.45, 2.75) is 6.92 Å². The summed E-state index contributed by atoms with van der Waals surface area (Å²) >= 11 is 6.08. The molecule has 0 spiro atoms. The Bertz CT molecular complexity index is 541. The third kappa shape index (κ3) is 2.06. The molecular formula is C13H12ClNO2. The number of benzene rings is 1. The van der Waals surface area contributed by atoms with Gasteiger partial charge in [0.15, 0.2) is 0 Å². The molecule has 1 heterocycles. The van der Waals surface area contributed by atoms with E-state index >= 15 is 0 Å². The Morgan fingerprint density at radius 2 is 1.88 bits per heavy atom. The van der Waals surface area contributed by atoms with Crippen molar-refractivity contribution >= 4 is 11.6 Å². The minimum atomic E-state index is 0.418. The van der Waals surface area contributed by atoms with Crippen molar-refractivity contribution in [2.75, 3.05) is 7.11 Å². The molecule has 0 saturated carbocycles. The monoisotopic (exact) mass is 249 g/mol. The first-order valence-electron chi connectivity index (χ1n) is 5.17. The zero-order valence-corrected chi connectivity index (χ0v) is 10.4. The van der Waals surface area contributed by atoms with Crippen molar-refractivity contribution in [1.82, 2.24) is 0 Å². The molecule has 0 aliphatic heterocycles. The molecule has 88 valence electrons. The summed E-state index contributed by atoms with van der Waals surface area (Å²) in [6.07, 6.45) is 0. The molecule has 4 heteroatoms. The lowest BCUT2D eigenvalue weighted by atomic mass is 10.1. The molecule has 0 radical (unpaired) electrons. The SMILES string of the molecule is COc1c(Cl)cc(-c2ccccc2)[n+]([O-])c1C. The summed E-state index contributed by atoms with van der Waals surface area (Å²) in [6.45, 7) is 1.68. The maximum atomic E-state index is 12.1. The van der Waals surface area contributed by atoms with Gasteiger partial charge in [0.1, 0.15) is 0 Å². The van der Waals surface area contributed by atoms with Gasteiger partial charge in [-0.15, -0.1) is 0 Å². The van der Waals surface area contributed by atoms with Crippen molar-refractivity contribution < 1.29 is 9.47 Å². The predicted molar refractivity (Wildman–Crippen MR) is 67.1 cm³/mol. The Labute approximate surface area is 105 Å². The van der Waals surface area contributed by atoms with Crippen molar-refractivity contribution in [1.29, 1.82) is 0 Å². The summed E-state index contributed by atoms with van der Waals surface area (Å²) in [5.74, 6) is 0.418. The Hall–Kier alpha value is -1.74. The van der Waals surface area contributed by atoms with Gasteiger partial charge < -0.3 is 9.94 Å².